The van der Waals surface area contributed by atoms with Gasteiger partial charge in [-0.15, -0.1) is 24.0 Å². The number of rotatable bonds is 9. The zero-order valence-corrected chi connectivity index (χ0v) is 19.4. The average Bonchev–Trinajstić information content (AvgIpc) is 2.51. The molecule has 26 heavy (non-hydrogen) atoms. The number of nitrogens with one attached hydrogen (secondary N) is 2. The lowest BCUT2D eigenvalue weighted by molar-refractivity contribution is 0.242. The van der Waals surface area contributed by atoms with Gasteiger partial charge in [0, 0.05) is 18.8 Å². The van der Waals surface area contributed by atoms with Gasteiger partial charge < -0.3 is 15.4 Å². The van der Waals surface area contributed by atoms with Crippen LogP contribution in [-0.2, 0) is 16.4 Å². The van der Waals surface area contributed by atoms with Crippen LogP contribution in [0.2, 0.25) is 0 Å². The van der Waals surface area contributed by atoms with Gasteiger partial charge in [-0.3, -0.25) is 0 Å². The smallest absolute Gasteiger partial charge is 0.191 e. The monoisotopic (exact) mass is 497 g/mol. The molecule has 1 aromatic rings. The molecular weight excluding hydrogens is 465 g/mol. The van der Waals surface area contributed by atoms with E-state index < -0.39 is 9.84 Å². The third-order valence-electron chi connectivity index (χ3n) is 3.36. The molecule has 0 heterocycles. The first-order valence-electron chi connectivity index (χ1n) is 8.67. The van der Waals surface area contributed by atoms with Gasteiger partial charge >= 0.3 is 0 Å². The molecule has 0 radical (unpaired) electrons. The van der Waals surface area contributed by atoms with E-state index in [2.05, 4.69) is 15.6 Å². The summed E-state index contributed by atoms with van der Waals surface area (Å²) >= 11 is 0. The fourth-order valence-electron chi connectivity index (χ4n) is 2.13. The van der Waals surface area contributed by atoms with Crippen LogP contribution in [0.25, 0.3) is 0 Å². The number of hydrogen-bond acceptors (Lipinski definition) is 4. The van der Waals surface area contributed by atoms with Crippen LogP contribution < -0.4 is 15.4 Å². The van der Waals surface area contributed by atoms with Gasteiger partial charge in [0.05, 0.1) is 18.4 Å². The number of aliphatic imine (C=N–C) groups is 1. The van der Waals surface area contributed by atoms with Crippen molar-refractivity contribution >= 4 is 39.8 Å². The summed E-state index contributed by atoms with van der Waals surface area (Å²) < 4.78 is 28.2. The Kier molecular flexibility index (Phi) is 11.9. The average molecular weight is 497 g/mol. The summed E-state index contributed by atoms with van der Waals surface area (Å²) in [6, 6.07) is 7.91. The van der Waals surface area contributed by atoms with Crippen LogP contribution in [-0.4, -0.2) is 45.1 Å². The van der Waals surface area contributed by atoms with E-state index in [0.29, 0.717) is 18.9 Å². The van der Waals surface area contributed by atoms with Gasteiger partial charge in [0.25, 0.3) is 0 Å². The SMILES string of the molecule is CCNC(=NCc1ccc(OC(C)C)cc1)NC(C)CCS(C)(=O)=O.I. The summed E-state index contributed by atoms with van der Waals surface area (Å²) in [6.45, 7) is 9.23. The van der Waals surface area contributed by atoms with Crippen LogP contribution >= 0.6 is 24.0 Å². The number of halogens is 1. The molecule has 0 aliphatic heterocycles. The van der Waals surface area contributed by atoms with E-state index in [1.807, 2.05) is 52.0 Å². The van der Waals surface area contributed by atoms with E-state index in [9.17, 15) is 8.42 Å². The Balaban J connectivity index is 0.00000625. The van der Waals surface area contributed by atoms with Crippen molar-refractivity contribution in [3.05, 3.63) is 29.8 Å². The highest BCUT2D eigenvalue weighted by atomic mass is 127. The van der Waals surface area contributed by atoms with Crippen LogP contribution in [0.3, 0.4) is 0 Å². The zero-order valence-electron chi connectivity index (χ0n) is 16.3. The van der Waals surface area contributed by atoms with Crippen molar-refractivity contribution in [3.8, 4) is 5.75 Å². The predicted molar refractivity (Wildman–Crippen MR) is 119 cm³/mol. The van der Waals surface area contributed by atoms with Gasteiger partial charge in [-0.25, -0.2) is 13.4 Å². The number of benzene rings is 1. The molecule has 0 saturated heterocycles. The van der Waals surface area contributed by atoms with Gasteiger partial charge in [0.15, 0.2) is 5.96 Å². The molecule has 0 fully saturated rings. The molecule has 150 valence electrons. The zero-order chi connectivity index (χ0) is 18.9. The van der Waals surface area contributed by atoms with Crippen molar-refractivity contribution in [2.75, 3.05) is 18.6 Å². The lowest BCUT2D eigenvalue weighted by Gasteiger charge is -2.17. The normalized spacial score (nSPS) is 13.1. The summed E-state index contributed by atoms with van der Waals surface area (Å²) in [5, 5.41) is 6.43. The maximum Gasteiger partial charge on any atom is 0.191 e. The lowest BCUT2D eigenvalue weighted by atomic mass is 10.2. The van der Waals surface area contributed by atoms with E-state index in [0.717, 1.165) is 17.9 Å². The van der Waals surface area contributed by atoms with Crippen molar-refractivity contribution in [1.82, 2.24) is 10.6 Å². The second-order valence-electron chi connectivity index (χ2n) is 6.47. The second kappa shape index (κ2) is 12.4. The van der Waals surface area contributed by atoms with Crippen LogP contribution in [0.15, 0.2) is 29.3 Å². The molecule has 1 aromatic carbocycles. The summed E-state index contributed by atoms with van der Waals surface area (Å²) in [5.74, 6) is 1.70. The molecule has 6 nitrogen and oxygen atoms in total. The van der Waals surface area contributed by atoms with Gasteiger partial charge in [-0.2, -0.15) is 0 Å². The van der Waals surface area contributed by atoms with Gasteiger partial charge in [-0.05, 0) is 51.8 Å². The summed E-state index contributed by atoms with van der Waals surface area (Å²) in [6.07, 6.45) is 1.96. The highest BCUT2D eigenvalue weighted by Crippen LogP contribution is 2.14. The first-order chi connectivity index (χ1) is 11.7. The van der Waals surface area contributed by atoms with Gasteiger partial charge in [0.1, 0.15) is 15.6 Å². The Morgan fingerprint density at radius 3 is 2.31 bits per heavy atom. The topological polar surface area (TPSA) is 79.8 Å². The maximum atomic E-state index is 11.3. The van der Waals surface area contributed by atoms with E-state index >= 15 is 0 Å². The van der Waals surface area contributed by atoms with Crippen LogP contribution in [0.5, 0.6) is 5.75 Å². The molecule has 8 heteroatoms. The molecule has 0 aliphatic carbocycles. The molecule has 2 N–H and O–H groups in total. The molecule has 1 atom stereocenters. The van der Waals surface area contributed by atoms with Crippen molar-refractivity contribution in [3.63, 3.8) is 0 Å². The number of ether oxygens (including phenoxy) is 1. The molecular formula is C18H32IN3O3S. The van der Waals surface area contributed by atoms with Crippen molar-refractivity contribution in [1.29, 1.82) is 0 Å². The van der Waals surface area contributed by atoms with Crippen molar-refractivity contribution in [2.24, 2.45) is 4.99 Å². The highest BCUT2D eigenvalue weighted by molar-refractivity contribution is 14.0. The van der Waals surface area contributed by atoms with E-state index in [1.54, 1.807) is 0 Å². The Morgan fingerprint density at radius 2 is 1.81 bits per heavy atom. The first kappa shape index (κ1) is 25.0. The Bertz CT molecular complexity index is 646. The minimum atomic E-state index is -2.95. The van der Waals surface area contributed by atoms with Gasteiger partial charge in [0.2, 0.25) is 0 Å². The number of nitrogens with zero attached hydrogens (tertiary/aromatic N) is 1. The minimum Gasteiger partial charge on any atom is -0.491 e. The Labute approximate surface area is 175 Å². The number of guanidine groups is 1. The molecule has 1 unspecified atom stereocenters. The molecule has 0 aromatic heterocycles. The van der Waals surface area contributed by atoms with E-state index in [-0.39, 0.29) is 41.9 Å². The molecule has 0 amide bonds. The fraction of sp³-hybridized carbons (Fsp3) is 0.611. The predicted octanol–water partition coefficient (Wildman–Crippen LogP) is 2.97. The Morgan fingerprint density at radius 1 is 1.19 bits per heavy atom. The number of hydrogen-bond donors (Lipinski definition) is 2. The van der Waals surface area contributed by atoms with Crippen molar-refractivity contribution < 1.29 is 13.2 Å². The van der Waals surface area contributed by atoms with Crippen molar-refractivity contribution in [2.45, 2.75) is 52.8 Å². The lowest BCUT2D eigenvalue weighted by Crippen LogP contribution is -2.42. The standard InChI is InChI=1S/C18H31N3O3S.HI/c1-6-19-18(21-15(4)11-12-25(5,22)23)20-13-16-7-9-17(10-8-16)24-14(2)3;/h7-10,14-15H,6,11-13H2,1-5H3,(H2,19,20,21);1H. The maximum absolute atomic E-state index is 11.3. The van der Waals surface area contributed by atoms with Crippen LogP contribution in [0.1, 0.15) is 39.7 Å². The third kappa shape index (κ3) is 11.6. The van der Waals surface area contributed by atoms with E-state index in [1.165, 1.54) is 6.26 Å². The molecule has 0 spiro atoms. The first-order valence-corrected chi connectivity index (χ1v) is 10.7. The minimum absolute atomic E-state index is 0. The van der Waals surface area contributed by atoms with Crippen LogP contribution in [0, 0.1) is 0 Å². The largest absolute Gasteiger partial charge is 0.491 e. The summed E-state index contributed by atoms with van der Waals surface area (Å²) in [4.78, 5) is 4.56. The quantitative estimate of drug-likeness (QED) is 0.312. The van der Waals surface area contributed by atoms with E-state index in [4.69, 9.17) is 4.74 Å². The van der Waals surface area contributed by atoms with Gasteiger partial charge in [-0.1, -0.05) is 12.1 Å². The fourth-order valence-corrected chi connectivity index (χ4v) is 2.91. The molecule has 0 saturated carbocycles. The number of sulfone groups is 1. The summed E-state index contributed by atoms with van der Waals surface area (Å²) in [5.41, 5.74) is 1.08. The Hall–Kier alpha value is -1.03. The molecule has 0 bridgehead atoms. The molecule has 0 aliphatic rings. The summed E-state index contributed by atoms with van der Waals surface area (Å²) in [7, 11) is -2.95. The second-order valence-corrected chi connectivity index (χ2v) is 8.73. The van der Waals surface area contributed by atoms with Crippen LogP contribution in [0.4, 0.5) is 0 Å². The highest BCUT2D eigenvalue weighted by Gasteiger charge is 2.09. The molecule has 1 rings (SSSR count). The third-order valence-corrected chi connectivity index (χ3v) is 4.34.